The summed E-state index contributed by atoms with van der Waals surface area (Å²) in [5.74, 6) is 0. The highest BCUT2D eigenvalue weighted by Crippen LogP contribution is 2.04. The van der Waals surface area contributed by atoms with E-state index in [9.17, 15) is 0 Å². The summed E-state index contributed by atoms with van der Waals surface area (Å²) in [6.45, 7) is 0. The van der Waals surface area contributed by atoms with E-state index >= 15 is 0 Å². The Bertz CT molecular complexity index is 423. The molecule has 3 rings (SSSR count). The lowest BCUT2D eigenvalue weighted by Gasteiger charge is -1.90. The molecule has 0 N–H and O–H groups in total. The molecule has 0 amide bonds. The summed E-state index contributed by atoms with van der Waals surface area (Å²) < 4.78 is 4.58. The molecule has 3 nitrogen and oxygen atoms in total. The van der Waals surface area contributed by atoms with Crippen molar-refractivity contribution in [2.75, 3.05) is 0 Å². The molecular formula is C12H10N2O. The fraction of sp³-hybridized carbons (Fsp3) is 0. The SMILES string of the molecule is c1ccc2nccnc2c1.c1ccoc1. The molecule has 0 saturated heterocycles. The van der Waals surface area contributed by atoms with Gasteiger partial charge in [0.05, 0.1) is 23.6 Å². The smallest absolute Gasteiger partial charge is 0.0902 e. The van der Waals surface area contributed by atoms with Crippen LogP contribution in [-0.2, 0) is 0 Å². The summed E-state index contributed by atoms with van der Waals surface area (Å²) in [6.07, 6.45) is 6.64. The van der Waals surface area contributed by atoms with E-state index in [1.807, 2.05) is 36.4 Å². The molecule has 0 spiro atoms. The second kappa shape index (κ2) is 4.91. The molecular weight excluding hydrogens is 188 g/mol. The van der Waals surface area contributed by atoms with Crippen LogP contribution in [0.25, 0.3) is 11.0 Å². The Hall–Kier alpha value is -2.16. The Kier molecular flexibility index (Phi) is 3.07. The number of rotatable bonds is 0. The third-order valence-electron chi connectivity index (χ3n) is 1.80. The van der Waals surface area contributed by atoms with Gasteiger partial charge in [0.15, 0.2) is 0 Å². The van der Waals surface area contributed by atoms with E-state index in [2.05, 4.69) is 14.4 Å². The Morgan fingerprint density at radius 2 is 1.27 bits per heavy atom. The third-order valence-corrected chi connectivity index (χ3v) is 1.80. The Balaban J connectivity index is 0.000000144. The van der Waals surface area contributed by atoms with Crippen molar-refractivity contribution in [3.63, 3.8) is 0 Å². The summed E-state index contributed by atoms with van der Waals surface area (Å²) in [4.78, 5) is 8.24. The van der Waals surface area contributed by atoms with Crippen molar-refractivity contribution in [3.8, 4) is 0 Å². The lowest BCUT2D eigenvalue weighted by Crippen LogP contribution is -1.78. The second-order valence-corrected chi connectivity index (χ2v) is 2.84. The van der Waals surface area contributed by atoms with Crippen LogP contribution in [0.5, 0.6) is 0 Å². The van der Waals surface area contributed by atoms with Crippen LogP contribution in [0.1, 0.15) is 0 Å². The first kappa shape index (κ1) is 9.40. The summed E-state index contributed by atoms with van der Waals surface area (Å²) in [6, 6.07) is 11.5. The molecule has 0 fully saturated rings. The standard InChI is InChI=1S/C8H6N2.C4H4O/c1-2-4-8-7(3-1)9-5-6-10-8;1-2-4-5-3-1/h1-6H;1-4H. The van der Waals surface area contributed by atoms with Gasteiger partial charge in [-0.2, -0.15) is 0 Å². The summed E-state index contributed by atoms with van der Waals surface area (Å²) in [5, 5.41) is 0. The van der Waals surface area contributed by atoms with E-state index in [-0.39, 0.29) is 0 Å². The Morgan fingerprint density at radius 3 is 1.67 bits per heavy atom. The van der Waals surface area contributed by atoms with E-state index < -0.39 is 0 Å². The van der Waals surface area contributed by atoms with Gasteiger partial charge in [-0.15, -0.1) is 0 Å². The molecule has 0 saturated carbocycles. The minimum atomic E-state index is 0.949. The highest BCUT2D eigenvalue weighted by atomic mass is 16.3. The lowest BCUT2D eigenvalue weighted by molar-refractivity contribution is 0.567. The lowest BCUT2D eigenvalue weighted by atomic mass is 10.3. The van der Waals surface area contributed by atoms with Gasteiger partial charge in [0, 0.05) is 12.4 Å². The summed E-state index contributed by atoms with van der Waals surface area (Å²) >= 11 is 0. The van der Waals surface area contributed by atoms with Crippen molar-refractivity contribution in [2.45, 2.75) is 0 Å². The van der Waals surface area contributed by atoms with Crippen LogP contribution in [-0.4, -0.2) is 9.97 Å². The highest BCUT2D eigenvalue weighted by Gasteiger charge is 1.88. The summed E-state index contributed by atoms with van der Waals surface area (Å²) in [5.41, 5.74) is 1.90. The number of nitrogens with zero attached hydrogens (tertiary/aromatic N) is 2. The molecule has 15 heavy (non-hydrogen) atoms. The van der Waals surface area contributed by atoms with Crippen molar-refractivity contribution in [1.29, 1.82) is 0 Å². The van der Waals surface area contributed by atoms with Gasteiger partial charge in [-0.25, -0.2) is 0 Å². The first-order chi connectivity index (χ1) is 7.47. The highest BCUT2D eigenvalue weighted by molar-refractivity contribution is 5.72. The number of hydrogen-bond acceptors (Lipinski definition) is 3. The van der Waals surface area contributed by atoms with Crippen LogP contribution in [0.2, 0.25) is 0 Å². The van der Waals surface area contributed by atoms with E-state index in [1.165, 1.54) is 0 Å². The van der Waals surface area contributed by atoms with Crippen molar-refractivity contribution in [3.05, 3.63) is 61.3 Å². The number of benzene rings is 1. The average molecular weight is 198 g/mol. The summed E-state index contributed by atoms with van der Waals surface area (Å²) in [7, 11) is 0. The molecule has 0 atom stereocenters. The van der Waals surface area contributed by atoms with Crippen molar-refractivity contribution in [1.82, 2.24) is 9.97 Å². The fourth-order valence-electron chi connectivity index (χ4n) is 1.14. The monoisotopic (exact) mass is 198 g/mol. The molecule has 0 aliphatic rings. The van der Waals surface area contributed by atoms with Crippen LogP contribution in [0.4, 0.5) is 0 Å². The maximum atomic E-state index is 4.58. The largest absolute Gasteiger partial charge is 0.473 e. The van der Waals surface area contributed by atoms with Gasteiger partial charge in [-0.3, -0.25) is 9.97 Å². The number of aromatic nitrogens is 2. The van der Waals surface area contributed by atoms with Crippen LogP contribution < -0.4 is 0 Å². The normalized spacial score (nSPS) is 9.33. The zero-order valence-electron chi connectivity index (χ0n) is 8.08. The molecule has 2 aromatic heterocycles. The molecule has 0 radical (unpaired) electrons. The van der Waals surface area contributed by atoms with Gasteiger partial charge < -0.3 is 4.42 Å². The molecule has 1 aromatic carbocycles. The molecule has 3 heteroatoms. The van der Waals surface area contributed by atoms with Crippen LogP contribution in [0.3, 0.4) is 0 Å². The zero-order valence-corrected chi connectivity index (χ0v) is 8.08. The maximum absolute atomic E-state index is 4.58. The van der Waals surface area contributed by atoms with E-state index in [0.29, 0.717) is 0 Å². The van der Waals surface area contributed by atoms with Crippen molar-refractivity contribution in [2.24, 2.45) is 0 Å². The van der Waals surface area contributed by atoms with Crippen LogP contribution in [0, 0.1) is 0 Å². The predicted molar refractivity (Wildman–Crippen MR) is 58.2 cm³/mol. The molecule has 0 unspecified atom stereocenters. The topological polar surface area (TPSA) is 38.9 Å². The third kappa shape index (κ3) is 2.64. The molecule has 0 aliphatic carbocycles. The minimum absolute atomic E-state index is 0.949. The van der Waals surface area contributed by atoms with Crippen molar-refractivity contribution < 1.29 is 4.42 Å². The first-order valence-corrected chi connectivity index (χ1v) is 4.60. The minimum Gasteiger partial charge on any atom is -0.473 e. The first-order valence-electron chi connectivity index (χ1n) is 4.60. The molecule has 2 heterocycles. The van der Waals surface area contributed by atoms with Crippen LogP contribution in [0.15, 0.2) is 65.7 Å². The Labute approximate surface area is 87.4 Å². The molecule has 0 aliphatic heterocycles. The average Bonchev–Trinajstić information content (AvgIpc) is 2.88. The van der Waals surface area contributed by atoms with Gasteiger partial charge in [0.25, 0.3) is 0 Å². The number of para-hydroxylation sites is 2. The number of hydrogen-bond donors (Lipinski definition) is 0. The van der Waals surface area contributed by atoms with Crippen molar-refractivity contribution >= 4 is 11.0 Å². The second-order valence-electron chi connectivity index (χ2n) is 2.84. The molecule has 3 aromatic rings. The van der Waals surface area contributed by atoms with Gasteiger partial charge in [0.2, 0.25) is 0 Å². The van der Waals surface area contributed by atoms with Gasteiger partial charge >= 0.3 is 0 Å². The van der Waals surface area contributed by atoms with Gasteiger partial charge in [0.1, 0.15) is 0 Å². The van der Waals surface area contributed by atoms with E-state index in [1.54, 1.807) is 24.9 Å². The predicted octanol–water partition coefficient (Wildman–Crippen LogP) is 2.91. The Morgan fingerprint density at radius 1 is 0.733 bits per heavy atom. The fourth-order valence-corrected chi connectivity index (χ4v) is 1.14. The molecule has 0 bridgehead atoms. The number of fused-ring (bicyclic) bond motifs is 1. The zero-order chi connectivity index (χ0) is 10.3. The van der Waals surface area contributed by atoms with Gasteiger partial charge in [-0.05, 0) is 24.3 Å². The van der Waals surface area contributed by atoms with Crippen LogP contribution >= 0.6 is 0 Å². The van der Waals surface area contributed by atoms with E-state index in [4.69, 9.17) is 0 Å². The van der Waals surface area contributed by atoms with E-state index in [0.717, 1.165) is 11.0 Å². The maximum Gasteiger partial charge on any atom is 0.0902 e. The molecule has 74 valence electrons. The quantitative estimate of drug-likeness (QED) is 0.557. The van der Waals surface area contributed by atoms with Gasteiger partial charge in [-0.1, -0.05) is 12.1 Å². The number of furan rings is 1.